The van der Waals surface area contributed by atoms with Gasteiger partial charge in [-0.1, -0.05) is 110 Å². The van der Waals surface area contributed by atoms with Crippen LogP contribution in [-0.2, 0) is 19.0 Å². The highest BCUT2D eigenvalue weighted by atomic mass is 16.5. The molecule has 0 saturated heterocycles. The van der Waals surface area contributed by atoms with Crippen LogP contribution in [0.5, 0.6) is 0 Å². The number of unbranched alkanes of at least 4 members (excludes halogenated alkanes) is 15. The second-order valence-corrected chi connectivity index (χ2v) is 9.88. The van der Waals surface area contributed by atoms with Gasteiger partial charge in [-0.3, -0.25) is 4.79 Å². The van der Waals surface area contributed by atoms with Crippen molar-refractivity contribution in [2.24, 2.45) is 0 Å². The van der Waals surface area contributed by atoms with Gasteiger partial charge in [0.05, 0.1) is 38.4 Å². The molecular weight excluding hydrogens is 428 g/mol. The van der Waals surface area contributed by atoms with Gasteiger partial charge in [0.1, 0.15) is 0 Å². The minimum absolute atomic E-state index is 0.00956. The Balaban J connectivity index is 3.30. The molecule has 0 aliphatic heterocycles. The van der Waals surface area contributed by atoms with Gasteiger partial charge in [0.15, 0.2) is 0 Å². The van der Waals surface area contributed by atoms with Crippen LogP contribution >= 0.6 is 0 Å². The first-order valence-electron chi connectivity index (χ1n) is 14.6. The number of aliphatic carboxylic acids is 1. The van der Waals surface area contributed by atoms with Gasteiger partial charge >= 0.3 is 5.97 Å². The predicted octanol–water partition coefficient (Wildman–Crippen LogP) is 8.33. The van der Waals surface area contributed by atoms with Crippen LogP contribution in [0.2, 0.25) is 0 Å². The Morgan fingerprint density at radius 2 is 1.15 bits per heavy atom. The molecule has 0 spiro atoms. The van der Waals surface area contributed by atoms with Crippen LogP contribution in [-0.4, -0.2) is 49.7 Å². The summed E-state index contributed by atoms with van der Waals surface area (Å²) in [6.45, 7) is 8.70. The highest BCUT2D eigenvalue weighted by Crippen LogP contribution is 2.14. The van der Waals surface area contributed by atoms with E-state index >= 15 is 0 Å². The Morgan fingerprint density at radius 3 is 1.62 bits per heavy atom. The van der Waals surface area contributed by atoms with E-state index in [0.717, 1.165) is 25.9 Å². The zero-order valence-electron chi connectivity index (χ0n) is 23.0. The fraction of sp³-hybridized carbons (Fsp3) is 0.966. The minimum Gasteiger partial charge on any atom is -0.481 e. The van der Waals surface area contributed by atoms with Gasteiger partial charge in [0.25, 0.3) is 0 Å². The van der Waals surface area contributed by atoms with Gasteiger partial charge in [-0.05, 0) is 26.2 Å². The molecule has 0 bridgehead atoms. The van der Waals surface area contributed by atoms with Gasteiger partial charge in [-0.25, -0.2) is 0 Å². The van der Waals surface area contributed by atoms with Gasteiger partial charge in [-0.2, -0.15) is 0 Å². The maximum absolute atomic E-state index is 10.5. The van der Waals surface area contributed by atoms with Crippen molar-refractivity contribution in [2.75, 3.05) is 26.4 Å². The van der Waals surface area contributed by atoms with E-state index in [0.29, 0.717) is 13.2 Å². The van der Waals surface area contributed by atoms with Crippen molar-refractivity contribution >= 4 is 5.97 Å². The molecule has 0 aliphatic carbocycles. The molecule has 204 valence electrons. The van der Waals surface area contributed by atoms with E-state index in [1.807, 2.05) is 6.92 Å². The molecule has 0 aromatic heterocycles. The standard InChI is InChI=1S/C29H58O5/c1-4-6-7-8-9-10-11-12-13-14-15-16-17-18-19-20-22-32-24-25-34-28(5-2)26-27(3)33-23-21-29(30)31/h27-28H,4-26H2,1-3H3,(H,30,31). The van der Waals surface area contributed by atoms with Crippen LogP contribution in [0.4, 0.5) is 0 Å². The molecule has 1 N–H and O–H groups in total. The topological polar surface area (TPSA) is 65.0 Å². The zero-order chi connectivity index (χ0) is 25.1. The summed E-state index contributed by atoms with van der Waals surface area (Å²) in [5, 5.41) is 8.67. The van der Waals surface area contributed by atoms with Crippen molar-refractivity contribution in [3.8, 4) is 0 Å². The lowest BCUT2D eigenvalue weighted by atomic mass is 10.0. The average molecular weight is 487 g/mol. The third-order valence-corrected chi connectivity index (χ3v) is 6.49. The molecule has 5 nitrogen and oxygen atoms in total. The summed E-state index contributed by atoms with van der Waals surface area (Å²) < 4.78 is 17.2. The second-order valence-electron chi connectivity index (χ2n) is 9.88. The predicted molar refractivity (Wildman–Crippen MR) is 143 cm³/mol. The van der Waals surface area contributed by atoms with Crippen LogP contribution in [0.25, 0.3) is 0 Å². The Hall–Kier alpha value is -0.650. The number of hydrogen-bond donors (Lipinski definition) is 1. The summed E-state index contributed by atoms with van der Waals surface area (Å²) >= 11 is 0. The van der Waals surface area contributed by atoms with Crippen LogP contribution < -0.4 is 0 Å². The molecule has 0 saturated carbocycles. The first-order chi connectivity index (χ1) is 16.6. The Kier molecular flexibility index (Phi) is 26.4. The number of carboxylic acids is 1. The quantitative estimate of drug-likeness (QED) is 0.113. The fourth-order valence-electron chi connectivity index (χ4n) is 4.27. The molecule has 0 fully saturated rings. The molecule has 0 radical (unpaired) electrons. The molecule has 0 rings (SSSR count). The maximum atomic E-state index is 10.5. The molecule has 0 heterocycles. The van der Waals surface area contributed by atoms with Crippen LogP contribution in [0.15, 0.2) is 0 Å². The SMILES string of the molecule is CCCCCCCCCCCCCCCCCCOCCOC(CC)CC(C)OCCC(=O)O. The normalized spacial score (nSPS) is 13.3. The van der Waals surface area contributed by atoms with Crippen LogP contribution in [0.1, 0.15) is 143 Å². The van der Waals surface area contributed by atoms with Crippen molar-refractivity contribution < 1.29 is 24.1 Å². The van der Waals surface area contributed by atoms with Gasteiger partial charge in [-0.15, -0.1) is 0 Å². The molecule has 34 heavy (non-hydrogen) atoms. The van der Waals surface area contributed by atoms with E-state index in [2.05, 4.69) is 13.8 Å². The molecule has 0 aliphatic rings. The summed E-state index contributed by atoms with van der Waals surface area (Å²) in [5.74, 6) is -0.822. The number of carboxylic acid groups (broad SMARTS) is 1. The third kappa shape index (κ3) is 26.0. The summed E-state index contributed by atoms with van der Waals surface area (Å²) in [5.41, 5.74) is 0. The van der Waals surface area contributed by atoms with E-state index in [4.69, 9.17) is 19.3 Å². The van der Waals surface area contributed by atoms with Gasteiger partial charge in [0, 0.05) is 6.61 Å². The lowest BCUT2D eigenvalue weighted by Crippen LogP contribution is -2.23. The Bertz CT molecular complexity index is 415. The number of hydrogen-bond acceptors (Lipinski definition) is 4. The number of carbonyl (C=O) groups is 1. The molecular formula is C29H58O5. The lowest BCUT2D eigenvalue weighted by molar-refractivity contribution is -0.138. The van der Waals surface area contributed by atoms with Crippen molar-refractivity contribution in [1.82, 2.24) is 0 Å². The average Bonchev–Trinajstić information content (AvgIpc) is 2.81. The monoisotopic (exact) mass is 486 g/mol. The molecule has 0 aromatic carbocycles. The molecule has 5 heteroatoms. The lowest BCUT2D eigenvalue weighted by Gasteiger charge is -2.20. The smallest absolute Gasteiger partial charge is 0.305 e. The van der Waals surface area contributed by atoms with E-state index in [1.54, 1.807) is 0 Å². The number of ether oxygens (including phenoxy) is 3. The summed E-state index contributed by atoms with van der Waals surface area (Å²) in [6, 6.07) is 0. The van der Waals surface area contributed by atoms with E-state index in [-0.39, 0.29) is 25.2 Å². The molecule has 0 aromatic rings. The molecule has 2 unspecified atom stereocenters. The van der Waals surface area contributed by atoms with E-state index in [9.17, 15) is 4.79 Å². The fourth-order valence-corrected chi connectivity index (χ4v) is 4.27. The Labute approximate surface area is 211 Å². The minimum atomic E-state index is -0.822. The maximum Gasteiger partial charge on any atom is 0.305 e. The van der Waals surface area contributed by atoms with Crippen molar-refractivity contribution in [1.29, 1.82) is 0 Å². The molecule has 0 amide bonds. The number of rotatable bonds is 28. The van der Waals surface area contributed by atoms with Gasteiger partial charge in [0.2, 0.25) is 0 Å². The van der Waals surface area contributed by atoms with Crippen LogP contribution in [0.3, 0.4) is 0 Å². The Morgan fingerprint density at radius 1 is 0.647 bits per heavy atom. The van der Waals surface area contributed by atoms with Crippen molar-refractivity contribution in [2.45, 2.75) is 155 Å². The van der Waals surface area contributed by atoms with Crippen molar-refractivity contribution in [3.05, 3.63) is 0 Å². The largest absolute Gasteiger partial charge is 0.481 e. The molecule has 2 atom stereocenters. The second kappa shape index (κ2) is 26.9. The van der Waals surface area contributed by atoms with E-state index in [1.165, 1.54) is 96.3 Å². The highest BCUT2D eigenvalue weighted by molar-refractivity contribution is 5.66. The first-order valence-corrected chi connectivity index (χ1v) is 14.6. The summed E-state index contributed by atoms with van der Waals surface area (Å²) in [4.78, 5) is 10.5. The van der Waals surface area contributed by atoms with E-state index < -0.39 is 5.97 Å². The summed E-state index contributed by atoms with van der Waals surface area (Å²) in [7, 11) is 0. The zero-order valence-corrected chi connectivity index (χ0v) is 23.0. The highest BCUT2D eigenvalue weighted by Gasteiger charge is 2.13. The van der Waals surface area contributed by atoms with Crippen LogP contribution in [0, 0.1) is 0 Å². The first kappa shape index (κ1) is 33.4. The third-order valence-electron chi connectivity index (χ3n) is 6.49. The van der Waals surface area contributed by atoms with Gasteiger partial charge < -0.3 is 19.3 Å². The van der Waals surface area contributed by atoms with Crippen molar-refractivity contribution in [3.63, 3.8) is 0 Å². The summed E-state index contributed by atoms with van der Waals surface area (Å²) in [6.07, 6.45) is 24.1.